The zero-order chi connectivity index (χ0) is 24.6. The molecular formula is C23H22F5N3O2. The molecule has 0 spiro atoms. The van der Waals surface area contributed by atoms with Crippen LogP contribution in [0, 0.1) is 24.5 Å². The molecule has 176 valence electrons. The Morgan fingerprint density at radius 1 is 1.12 bits per heavy atom. The van der Waals surface area contributed by atoms with Crippen molar-refractivity contribution in [2.75, 3.05) is 7.11 Å². The SMILES string of the molecule is COc1c(C(C)C(C)C(O)(/C=N\c2cccc3nc(C)ncc23)C(F)(F)F)ccc(F)c1F. The quantitative estimate of drug-likeness (QED) is 0.375. The number of aromatic nitrogens is 2. The van der Waals surface area contributed by atoms with Gasteiger partial charge in [0, 0.05) is 29.3 Å². The van der Waals surface area contributed by atoms with Crippen molar-refractivity contribution in [3.05, 3.63) is 59.6 Å². The summed E-state index contributed by atoms with van der Waals surface area (Å²) in [5.74, 6) is -5.18. The lowest BCUT2D eigenvalue weighted by molar-refractivity contribution is -0.246. The molecule has 0 amide bonds. The van der Waals surface area contributed by atoms with E-state index in [1.165, 1.54) is 19.2 Å². The Morgan fingerprint density at radius 3 is 2.45 bits per heavy atom. The maximum atomic E-state index is 14.1. The van der Waals surface area contributed by atoms with Gasteiger partial charge in [0.15, 0.2) is 17.2 Å². The van der Waals surface area contributed by atoms with Crippen LogP contribution in [0.15, 0.2) is 41.5 Å². The van der Waals surface area contributed by atoms with E-state index in [1.54, 1.807) is 19.1 Å². The van der Waals surface area contributed by atoms with Crippen molar-refractivity contribution in [1.82, 2.24) is 9.97 Å². The summed E-state index contributed by atoms with van der Waals surface area (Å²) >= 11 is 0. The van der Waals surface area contributed by atoms with Crippen LogP contribution in [0.4, 0.5) is 27.6 Å². The van der Waals surface area contributed by atoms with Gasteiger partial charge in [0.1, 0.15) is 5.82 Å². The van der Waals surface area contributed by atoms with E-state index in [0.29, 0.717) is 22.9 Å². The molecule has 0 saturated heterocycles. The number of alkyl halides is 3. The smallest absolute Gasteiger partial charge is 0.422 e. The minimum Gasteiger partial charge on any atom is -0.493 e. The maximum absolute atomic E-state index is 14.1. The molecule has 33 heavy (non-hydrogen) atoms. The summed E-state index contributed by atoms with van der Waals surface area (Å²) in [5.41, 5.74) is -2.79. The van der Waals surface area contributed by atoms with Gasteiger partial charge in [0.2, 0.25) is 5.82 Å². The van der Waals surface area contributed by atoms with Crippen LogP contribution in [0.25, 0.3) is 10.9 Å². The van der Waals surface area contributed by atoms with Gasteiger partial charge in [-0.2, -0.15) is 17.6 Å². The van der Waals surface area contributed by atoms with Gasteiger partial charge in [-0.05, 0) is 31.0 Å². The Labute approximate surface area is 187 Å². The molecule has 10 heteroatoms. The van der Waals surface area contributed by atoms with Crippen molar-refractivity contribution in [2.45, 2.75) is 38.5 Å². The summed E-state index contributed by atoms with van der Waals surface area (Å²) in [5, 5.41) is 11.2. The molecule has 3 atom stereocenters. The number of hydrogen-bond acceptors (Lipinski definition) is 5. The number of aliphatic hydroxyl groups is 1. The summed E-state index contributed by atoms with van der Waals surface area (Å²) < 4.78 is 74.9. The van der Waals surface area contributed by atoms with E-state index in [-0.39, 0.29) is 11.3 Å². The number of nitrogens with zero attached hydrogens (tertiary/aromatic N) is 3. The Bertz CT molecular complexity index is 1200. The molecule has 0 bridgehead atoms. The van der Waals surface area contributed by atoms with Gasteiger partial charge in [-0.25, -0.2) is 14.4 Å². The third kappa shape index (κ3) is 4.52. The standard InChI is InChI=1S/C23H22F5N3O2/c1-12(15-8-9-17(24)20(25)21(15)33-4)13(2)22(32,23(26,27)28)11-30-18-6-5-7-19-16(18)10-29-14(3)31-19/h5-13,32H,1-4H3/b30-11-. The Morgan fingerprint density at radius 2 is 1.82 bits per heavy atom. The monoisotopic (exact) mass is 467 g/mol. The first-order valence-corrected chi connectivity index (χ1v) is 9.99. The second-order valence-electron chi connectivity index (χ2n) is 7.77. The van der Waals surface area contributed by atoms with Crippen molar-refractivity contribution >= 4 is 22.8 Å². The highest BCUT2D eigenvalue weighted by Gasteiger charge is 2.57. The second-order valence-corrected chi connectivity index (χ2v) is 7.77. The molecule has 0 radical (unpaired) electrons. The minimum absolute atomic E-state index is 0.0194. The Balaban J connectivity index is 2.06. The fraction of sp³-hybridized carbons (Fsp3) is 0.348. The van der Waals surface area contributed by atoms with Gasteiger partial charge in [0.05, 0.1) is 18.3 Å². The minimum atomic E-state index is -5.12. The predicted molar refractivity (Wildman–Crippen MR) is 114 cm³/mol. The van der Waals surface area contributed by atoms with E-state index in [9.17, 15) is 27.1 Å². The molecule has 2 aromatic carbocycles. The molecule has 5 nitrogen and oxygen atoms in total. The van der Waals surface area contributed by atoms with Gasteiger partial charge in [0.25, 0.3) is 0 Å². The number of rotatable bonds is 6. The zero-order valence-corrected chi connectivity index (χ0v) is 18.3. The highest BCUT2D eigenvalue weighted by atomic mass is 19.4. The van der Waals surface area contributed by atoms with E-state index < -0.39 is 41.0 Å². The van der Waals surface area contributed by atoms with Crippen LogP contribution >= 0.6 is 0 Å². The normalized spacial score (nSPS) is 16.1. The van der Waals surface area contributed by atoms with Crippen LogP contribution in [0.5, 0.6) is 5.75 Å². The summed E-state index contributed by atoms with van der Waals surface area (Å²) in [7, 11) is 1.08. The summed E-state index contributed by atoms with van der Waals surface area (Å²) in [4.78, 5) is 12.2. The number of halogens is 5. The topological polar surface area (TPSA) is 67.6 Å². The average molecular weight is 467 g/mol. The number of fused-ring (bicyclic) bond motifs is 1. The number of methoxy groups -OCH3 is 1. The van der Waals surface area contributed by atoms with E-state index >= 15 is 0 Å². The van der Waals surface area contributed by atoms with E-state index in [2.05, 4.69) is 15.0 Å². The molecule has 0 fully saturated rings. The van der Waals surface area contributed by atoms with Crippen molar-refractivity contribution < 1.29 is 31.8 Å². The molecule has 1 heterocycles. The molecule has 0 saturated carbocycles. The van der Waals surface area contributed by atoms with Crippen molar-refractivity contribution in [3.8, 4) is 5.75 Å². The summed E-state index contributed by atoms with van der Waals surface area (Å²) in [6.07, 6.45) is -3.25. The zero-order valence-electron chi connectivity index (χ0n) is 18.3. The molecule has 3 aromatic rings. The Kier molecular flexibility index (Phi) is 6.69. The molecule has 1 aromatic heterocycles. The molecule has 1 N–H and O–H groups in total. The van der Waals surface area contributed by atoms with Crippen molar-refractivity contribution in [1.29, 1.82) is 0 Å². The van der Waals surface area contributed by atoms with Gasteiger partial charge in [-0.1, -0.05) is 26.0 Å². The number of aryl methyl sites for hydroxylation is 1. The molecule has 3 unspecified atom stereocenters. The second kappa shape index (κ2) is 9.01. The summed E-state index contributed by atoms with van der Waals surface area (Å²) in [6, 6.07) is 6.65. The molecule has 0 aliphatic rings. The van der Waals surface area contributed by atoms with Crippen LogP contribution in [-0.4, -0.2) is 40.2 Å². The lowest BCUT2D eigenvalue weighted by Crippen LogP contribution is -2.53. The number of ether oxygens (including phenoxy) is 1. The molecule has 0 aliphatic carbocycles. The molecule has 3 rings (SSSR count). The predicted octanol–water partition coefficient (Wildman–Crippen LogP) is 5.66. The summed E-state index contributed by atoms with van der Waals surface area (Å²) in [6.45, 7) is 4.19. The first kappa shape index (κ1) is 24.5. The van der Waals surface area contributed by atoms with Crippen molar-refractivity contribution in [3.63, 3.8) is 0 Å². The van der Waals surface area contributed by atoms with Gasteiger partial charge >= 0.3 is 6.18 Å². The van der Waals surface area contributed by atoms with Gasteiger partial charge in [-0.3, -0.25) is 4.99 Å². The van der Waals surface area contributed by atoms with Crippen molar-refractivity contribution in [2.24, 2.45) is 10.9 Å². The average Bonchev–Trinajstić information content (AvgIpc) is 2.77. The van der Waals surface area contributed by atoms with Gasteiger partial charge in [-0.15, -0.1) is 0 Å². The first-order chi connectivity index (χ1) is 15.4. The molecule has 0 aliphatic heterocycles. The number of aliphatic imine (C=N–C) groups is 1. The first-order valence-electron chi connectivity index (χ1n) is 9.99. The molecular weight excluding hydrogens is 445 g/mol. The van der Waals surface area contributed by atoms with E-state index in [4.69, 9.17) is 4.74 Å². The van der Waals surface area contributed by atoms with Crippen LogP contribution < -0.4 is 4.74 Å². The third-order valence-electron chi connectivity index (χ3n) is 5.80. The highest BCUT2D eigenvalue weighted by Crippen LogP contribution is 2.44. The van der Waals surface area contributed by atoms with E-state index in [0.717, 1.165) is 26.2 Å². The van der Waals surface area contributed by atoms with Gasteiger partial charge < -0.3 is 9.84 Å². The fourth-order valence-electron chi connectivity index (χ4n) is 3.63. The Hall–Kier alpha value is -3.14. The van der Waals surface area contributed by atoms with Crippen LogP contribution in [-0.2, 0) is 0 Å². The lowest BCUT2D eigenvalue weighted by atomic mass is 9.76. The van der Waals surface area contributed by atoms with Crippen LogP contribution in [0.1, 0.15) is 31.2 Å². The number of hydrogen-bond donors (Lipinski definition) is 1. The highest BCUT2D eigenvalue weighted by molar-refractivity contribution is 5.91. The van der Waals surface area contributed by atoms with Crippen LogP contribution in [0.2, 0.25) is 0 Å². The largest absolute Gasteiger partial charge is 0.493 e. The third-order valence-corrected chi connectivity index (χ3v) is 5.80. The number of benzene rings is 2. The van der Waals surface area contributed by atoms with E-state index in [1.807, 2.05) is 0 Å². The van der Waals surface area contributed by atoms with Crippen LogP contribution in [0.3, 0.4) is 0 Å². The maximum Gasteiger partial charge on any atom is 0.422 e. The lowest BCUT2D eigenvalue weighted by Gasteiger charge is -2.36. The fourth-order valence-corrected chi connectivity index (χ4v) is 3.63.